The molecular formula is C21H23NO9S. The van der Waals surface area contributed by atoms with E-state index in [1.54, 1.807) is 19.1 Å². The van der Waals surface area contributed by atoms with Crippen molar-refractivity contribution < 1.29 is 36.5 Å². The number of aryl methyl sites for hydroxylation is 1. The van der Waals surface area contributed by atoms with Crippen molar-refractivity contribution in [2.24, 2.45) is 0 Å². The van der Waals surface area contributed by atoms with E-state index < -0.39 is 45.6 Å². The first-order valence-electron chi connectivity index (χ1n) is 9.74. The van der Waals surface area contributed by atoms with Crippen LogP contribution < -0.4 is 0 Å². The van der Waals surface area contributed by atoms with E-state index in [2.05, 4.69) is 0 Å². The molecule has 0 aliphatic carbocycles. The molecule has 4 atom stereocenters. The van der Waals surface area contributed by atoms with Crippen LogP contribution in [0.1, 0.15) is 29.3 Å². The number of nitro groups is 1. The van der Waals surface area contributed by atoms with Crippen molar-refractivity contribution >= 4 is 21.8 Å². The summed E-state index contributed by atoms with van der Waals surface area (Å²) in [7, 11) is -2.76. The number of esters is 1. The van der Waals surface area contributed by atoms with Crippen LogP contribution in [0.4, 0.5) is 5.69 Å². The van der Waals surface area contributed by atoms with E-state index >= 15 is 0 Å². The van der Waals surface area contributed by atoms with Gasteiger partial charge in [-0.15, -0.1) is 0 Å². The summed E-state index contributed by atoms with van der Waals surface area (Å²) >= 11 is 0. The van der Waals surface area contributed by atoms with Crippen LogP contribution in [0.2, 0.25) is 0 Å². The Kier molecular flexibility index (Phi) is 7.24. The molecule has 10 nitrogen and oxygen atoms in total. The Bertz CT molecular complexity index is 1070. The highest BCUT2D eigenvalue weighted by Gasteiger charge is 2.43. The molecule has 0 saturated carbocycles. The van der Waals surface area contributed by atoms with Crippen LogP contribution in [0, 0.1) is 17.0 Å². The van der Waals surface area contributed by atoms with Crippen molar-refractivity contribution in [2.75, 3.05) is 7.11 Å². The summed E-state index contributed by atoms with van der Waals surface area (Å²) in [6.45, 7) is 3.42. The summed E-state index contributed by atoms with van der Waals surface area (Å²) in [5.74, 6) is -0.782. The van der Waals surface area contributed by atoms with Gasteiger partial charge in [0.05, 0.1) is 21.5 Å². The zero-order chi connectivity index (χ0) is 23.5. The molecule has 1 fully saturated rings. The second-order valence-corrected chi connectivity index (χ2v) is 8.89. The Labute approximate surface area is 185 Å². The van der Waals surface area contributed by atoms with Gasteiger partial charge in [0.25, 0.3) is 15.8 Å². The summed E-state index contributed by atoms with van der Waals surface area (Å²) < 4.78 is 47.4. The molecule has 1 heterocycles. The predicted octanol–water partition coefficient (Wildman–Crippen LogP) is 2.98. The number of ether oxygens (including phenoxy) is 3. The topological polar surface area (TPSA) is 131 Å². The van der Waals surface area contributed by atoms with E-state index in [9.17, 15) is 23.3 Å². The van der Waals surface area contributed by atoms with Gasteiger partial charge in [-0.2, -0.15) is 8.42 Å². The maximum Gasteiger partial charge on any atom is 0.338 e. The average molecular weight is 465 g/mol. The zero-order valence-electron chi connectivity index (χ0n) is 17.7. The summed E-state index contributed by atoms with van der Waals surface area (Å²) in [4.78, 5) is 22.8. The minimum Gasteiger partial charge on any atom is -0.456 e. The van der Waals surface area contributed by atoms with Crippen molar-refractivity contribution in [3.63, 3.8) is 0 Å². The second kappa shape index (κ2) is 9.74. The van der Waals surface area contributed by atoms with Gasteiger partial charge in [0, 0.05) is 25.7 Å². The highest BCUT2D eigenvalue weighted by molar-refractivity contribution is 7.86. The van der Waals surface area contributed by atoms with Gasteiger partial charge in [0.1, 0.15) is 12.2 Å². The van der Waals surface area contributed by atoms with Gasteiger partial charge in [0.2, 0.25) is 0 Å². The summed E-state index contributed by atoms with van der Waals surface area (Å²) in [5, 5.41) is 10.8. The van der Waals surface area contributed by atoms with Crippen LogP contribution in [0.25, 0.3) is 0 Å². The number of nitrogens with zero attached hydrogens (tertiary/aromatic N) is 1. The Hall–Kier alpha value is -2.86. The minimum absolute atomic E-state index is 0.0354. The number of carbonyl (C=O) groups excluding carboxylic acids is 1. The van der Waals surface area contributed by atoms with Crippen LogP contribution >= 0.6 is 0 Å². The normalized spacial score (nSPS) is 23.5. The number of methoxy groups -OCH3 is 1. The lowest BCUT2D eigenvalue weighted by atomic mass is 10.0. The Morgan fingerprint density at radius 2 is 1.75 bits per heavy atom. The Balaban J connectivity index is 1.82. The van der Waals surface area contributed by atoms with E-state index in [0.717, 1.165) is 5.56 Å². The van der Waals surface area contributed by atoms with E-state index in [0.29, 0.717) is 0 Å². The SMILES string of the molecule is COC1CC(OC(=O)c2ccc([N+](=O)[O-])cc2)C(OS(=O)(=O)c2ccc(C)cc2)C(C)O1. The molecule has 1 saturated heterocycles. The van der Waals surface area contributed by atoms with Gasteiger partial charge < -0.3 is 14.2 Å². The number of rotatable bonds is 7. The fourth-order valence-corrected chi connectivity index (χ4v) is 4.39. The summed E-state index contributed by atoms with van der Waals surface area (Å²) in [6.07, 6.45) is -3.61. The molecule has 0 amide bonds. The molecule has 32 heavy (non-hydrogen) atoms. The molecule has 0 bridgehead atoms. The number of hydrogen-bond donors (Lipinski definition) is 0. The van der Waals surface area contributed by atoms with E-state index in [4.69, 9.17) is 18.4 Å². The molecule has 11 heteroatoms. The van der Waals surface area contributed by atoms with Crippen molar-refractivity contribution in [1.82, 2.24) is 0 Å². The first-order chi connectivity index (χ1) is 15.1. The van der Waals surface area contributed by atoms with Crippen LogP contribution in [-0.4, -0.2) is 51.0 Å². The van der Waals surface area contributed by atoms with Crippen LogP contribution in [0.3, 0.4) is 0 Å². The first kappa shape index (κ1) is 23.8. The third kappa shape index (κ3) is 5.49. The van der Waals surface area contributed by atoms with Gasteiger partial charge in [-0.3, -0.25) is 14.3 Å². The molecule has 0 aromatic heterocycles. The first-order valence-corrected chi connectivity index (χ1v) is 11.1. The monoisotopic (exact) mass is 465 g/mol. The van der Waals surface area contributed by atoms with Crippen LogP contribution in [-0.2, 0) is 28.5 Å². The van der Waals surface area contributed by atoms with Crippen molar-refractivity contribution in [1.29, 1.82) is 0 Å². The molecule has 172 valence electrons. The minimum atomic E-state index is -4.17. The molecular weight excluding hydrogens is 442 g/mol. The van der Waals surface area contributed by atoms with Crippen LogP contribution in [0.5, 0.6) is 0 Å². The largest absolute Gasteiger partial charge is 0.456 e. The standard InChI is InChI=1S/C21H23NO9S/c1-13-4-10-17(11-5-13)32(26,27)31-20-14(2)29-19(28-3)12-18(20)30-21(23)15-6-8-16(9-7-15)22(24)25/h4-11,14,18-20H,12H2,1-3H3. The zero-order valence-corrected chi connectivity index (χ0v) is 18.5. The molecule has 0 spiro atoms. The van der Waals surface area contributed by atoms with Gasteiger partial charge in [-0.1, -0.05) is 17.7 Å². The average Bonchev–Trinajstić information content (AvgIpc) is 2.76. The van der Waals surface area contributed by atoms with Gasteiger partial charge in [-0.25, -0.2) is 4.79 Å². The maximum atomic E-state index is 12.8. The number of hydrogen-bond acceptors (Lipinski definition) is 9. The third-order valence-corrected chi connectivity index (χ3v) is 6.33. The van der Waals surface area contributed by atoms with Crippen molar-refractivity contribution in [3.8, 4) is 0 Å². The molecule has 1 aliphatic rings. The van der Waals surface area contributed by atoms with E-state index in [1.807, 2.05) is 6.92 Å². The lowest BCUT2D eigenvalue weighted by molar-refractivity contribution is -0.384. The highest BCUT2D eigenvalue weighted by Crippen LogP contribution is 2.29. The van der Waals surface area contributed by atoms with E-state index in [-0.39, 0.29) is 22.6 Å². The van der Waals surface area contributed by atoms with Crippen molar-refractivity contribution in [3.05, 3.63) is 69.8 Å². The highest BCUT2D eigenvalue weighted by atomic mass is 32.2. The lowest BCUT2D eigenvalue weighted by Gasteiger charge is -2.38. The number of non-ortho nitro benzene ring substituents is 1. The smallest absolute Gasteiger partial charge is 0.338 e. The Morgan fingerprint density at radius 3 is 2.31 bits per heavy atom. The van der Waals surface area contributed by atoms with E-state index in [1.165, 1.54) is 43.5 Å². The predicted molar refractivity (Wildman–Crippen MR) is 111 cm³/mol. The molecule has 0 radical (unpaired) electrons. The van der Waals surface area contributed by atoms with Crippen LogP contribution in [0.15, 0.2) is 53.4 Å². The quantitative estimate of drug-likeness (QED) is 0.262. The fraction of sp³-hybridized carbons (Fsp3) is 0.381. The number of nitro benzene ring substituents is 1. The molecule has 1 aliphatic heterocycles. The lowest BCUT2D eigenvalue weighted by Crippen LogP contribution is -2.51. The molecule has 2 aromatic carbocycles. The Morgan fingerprint density at radius 1 is 1.12 bits per heavy atom. The number of carbonyl (C=O) groups is 1. The van der Waals surface area contributed by atoms with Gasteiger partial charge in [-0.05, 0) is 38.1 Å². The molecule has 3 rings (SSSR count). The molecule has 2 aromatic rings. The van der Waals surface area contributed by atoms with Gasteiger partial charge in [0.15, 0.2) is 6.29 Å². The summed E-state index contributed by atoms with van der Waals surface area (Å²) in [5.41, 5.74) is 0.783. The number of benzene rings is 2. The maximum absolute atomic E-state index is 12.8. The van der Waals surface area contributed by atoms with Crippen molar-refractivity contribution in [2.45, 2.75) is 49.8 Å². The molecule has 0 N–H and O–H groups in total. The summed E-state index contributed by atoms with van der Waals surface area (Å²) in [6, 6.07) is 11.0. The molecule has 4 unspecified atom stereocenters. The van der Waals surface area contributed by atoms with Gasteiger partial charge >= 0.3 is 5.97 Å². The third-order valence-electron chi connectivity index (χ3n) is 5.00. The fourth-order valence-electron chi connectivity index (χ4n) is 3.24. The second-order valence-electron chi connectivity index (χ2n) is 7.32.